The molecule has 4 N–H and O–H groups in total. The van der Waals surface area contributed by atoms with Crippen LogP contribution in [-0.2, 0) is 17.6 Å². The average molecular weight is 448 g/mol. The molecule has 0 amide bonds. The molecule has 2 aromatic rings. The first kappa shape index (κ1) is 23.7. The Hall–Kier alpha value is -2.48. The number of benzene rings is 2. The minimum Gasteiger partial charge on any atom is -0.535 e. The van der Waals surface area contributed by atoms with E-state index in [0.29, 0.717) is 24.2 Å². The lowest BCUT2D eigenvalue weighted by atomic mass is 9.64. The van der Waals surface area contributed by atoms with Gasteiger partial charge in [0.1, 0.15) is 11.5 Å². The first-order valence-electron chi connectivity index (χ1n) is 11.9. The molecule has 0 radical (unpaired) electrons. The van der Waals surface area contributed by atoms with Gasteiger partial charge in [-0.05, 0) is 61.4 Å². The van der Waals surface area contributed by atoms with Gasteiger partial charge in [-0.15, -0.1) is 0 Å². The van der Waals surface area contributed by atoms with Crippen molar-refractivity contribution in [1.82, 2.24) is 5.32 Å². The summed E-state index contributed by atoms with van der Waals surface area (Å²) >= 11 is 0. The monoisotopic (exact) mass is 448 g/mol. The van der Waals surface area contributed by atoms with Crippen LogP contribution < -0.4 is 15.7 Å². The number of Topliss-reactive ketones (excluding diaryl/α,β-unsaturated/α-hetero) is 2. The molecular formula is C26H33BN2O4. The third-order valence-corrected chi connectivity index (χ3v) is 6.92. The van der Waals surface area contributed by atoms with E-state index in [-0.39, 0.29) is 29.8 Å². The third-order valence-electron chi connectivity index (χ3n) is 6.92. The summed E-state index contributed by atoms with van der Waals surface area (Å²) in [5.74, 6) is 0.860. The van der Waals surface area contributed by atoms with E-state index in [4.69, 9.17) is 10.4 Å². The summed E-state index contributed by atoms with van der Waals surface area (Å²) in [6.45, 7) is 3.27. The van der Waals surface area contributed by atoms with E-state index in [1.54, 1.807) is 6.07 Å². The molecule has 1 aliphatic heterocycles. The zero-order valence-corrected chi connectivity index (χ0v) is 19.3. The van der Waals surface area contributed by atoms with Gasteiger partial charge in [0.2, 0.25) is 0 Å². The number of hydrogen-bond acceptors (Lipinski definition) is 6. The fourth-order valence-corrected chi connectivity index (χ4v) is 4.67. The zero-order chi connectivity index (χ0) is 23.4. The third kappa shape index (κ3) is 5.91. The number of para-hydroxylation sites is 1. The molecule has 2 atom stereocenters. The number of carbonyl (C=O) groups is 2. The van der Waals surface area contributed by atoms with Gasteiger partial charge in [-0.3, -0.25) is 9.59 Å². The number of nitrogens with one attached hydrogen (secondary N) is 1. The van der Waals surface area contributed by atoms with Gasteiger partial charge >= 0.3 is 7.12 Å². The molecule has 1 fully saturated rings. The first-order chi connectivity index (χ1) is 15.9. The standard InChI is InChI=1S/C26H33BN2O4/c1-17(30)24-7-3-6-21-13-22(27(32)33-26(21)24)14-23(31)12-18-8-10-20(11-9-18)25(28)16-29-15-19-4-2-5-19/h3,6-11,19,22,25,29,32H,2,4-5,12-16,28H2,1H3/t22-,25?/m1/s1. The minimum atomic E-state index is -1.10. The van der Waals surface area contributed by atoms with E-state index in [1.807, 2.05) is 36.4 Å². The van der Waals surface area contributed by atoms with Crippen LogP contribution in [-0.4, -0.2) is 36.8 Å². The quantitative estimate of drug-likeness (QED) is 0.381. The molecule has 0 saturated heterocycles. The van der Waals surface area contributed by atoms with Crippen molar-refractivity contribution in [1.29, 1.82) is 0 Å². The van der Waals surface area contributed by atoms with Crippen molar-refractivity contribution < 1.29 is 19.3 Å². The van der Waals surface area contributed by atoms with Crippen molar-refractivity contribution in [3.8, 4) is 5.75 Å². The summed E-state index contributed by atoms with van der Waals surface area (Å²) in [5, 5.41) is 13.9. The van der Waals surface area contributed by atoms with E-state index >= 15 is 0 Å². The van der Waals surface area contributed by atoms with Gasteiger partial charge in [-0.2, -0.15) is 0 Å². The Morgan fingerprint density at radius 2 is 1.97 bits per heavy atom. The lowest BCUT2D eigenvalue weighted by Crippen LogP contribution is -2.36. The topological polar surface area (TPSA) is 102 Å². The highest BCUT2D eigenvalue weighted by molar-refractivity contribution is 6.47. The summed E-state index contributed by atoms with van der Waals surface area (Å²) in [6, 6.07) is 13.2. The molecule has 174 valence electrons. The van der Waals surface area contributed by atoms with Crippen LogP contribution in [0.4, 0.5) is 0 Å². The molecule has 33 heavy (non-hydrogen) atoms. The zero-order valence-electron chi connectivity index (χ0n) is 19.3. The molecule has 4 rings (SSSR count). The second-order valence-corrected chi connectivity index (χ2v) is 9.55. The average Bonchev–Trinajstić information content (AvgIpc) is 2.75. The van der Waals surface area contributed by atoms with Crippen LogP contribution in [0.2, 0.25) is 5.82 Å². The molecule has 1 heterocycles. The van der Waals surface area contributed by atoms with Crippen LogP contribution in [0.1, 0.15) is 65.7 Å². The number of hydrogen-bond donors (Lipinski definition) is 3. The van der Waals surface area contributed by atoms with Crippen molar-refractivity contribution in [3.63, 3.8) is 0 Å². The number of rotatable bonds is 10. The number of nitrogens with two attached hydrogens (primary N) is 1. The second kappa shape index (κ2) is 10.6. The molecule has 1 aliphatic carbocycles. The molecule has 6 nitrogen and oxygen atoms in total. The molecule has 0 bridgehead atoms. The molecule has 1 unspecified atom stereocenters. The van der Waals surface area contributed by atoms with Gasteiger partial charge in [0, 0.05) is 31.2 Å². The van der Waals surface area contributed by atoms with Crippen molar-refractivity contribution in [2.75, 3.05) is 13.1 Å². The van der Waals surface area contributed by atoms with Gasteiger partial charge in [0.05, 0.1) is 5.56 Å². The Kier molecular flexibility index (Phi) is 7.63. The molecule has 1 saturated carbocycles. The maximum Gasteiger partial charge on any atom is 0.526 e. The van der Waals surface area contributed by atoms with E-state index in [1.165, 1.54) is 26.2 Å². The Labute approximate surface area is 196 Å². The van der Waals surface area contributed by atoms with Gasteiger partial charge in [0.25, 0.3) is 0 Å². The molecule has 2 aromatic carbocycles. The predicted octanol–water partition coefficient (Wildman–Crippen LogP) is 3.27. The van der Waals surface area contributed by atoms with Gasteiger partial charge in [-0.25, -0.2) is 0 Å². The summed E-state index contributed by atoms with van der Waals surface area (Å²) < 4.78 is 5.65. The highest BCUT2D eigenvalue weighted by Gasteiger charge is 2.37. The SMILES string of the molecule is CC(=O)c1cccc2c1OB(O)[C@@H](CC(=O)Cc1ccc(C(N)CNCC3CCC3)cc1)C2. The molecule has 0 spiro atoms. The summed E-state index contributed by atoms with van der Waals surface area (Å²) in [4.78, 5) is 24.5. The highest BCUT2D eigenvalue weighted by Crippen LogP contribution is 2.36. The van der Waals surface area contributed by atoms with Crippen LogP contribution in [0.3, 0.4) is 0 Å². The Bertz CT molecular complexity index is 990. The Morgan fingerprint density at radius 3 is 2.64 bits per heavy atom. The van der Waals surface area contributed by atoms with Crippen LogP contribution in [0.25, 0.3) is 0 Å². The maximum absolute atomic E-state index is 12.7. The Morgan fingerprint density at radius 1 is 1.21 bits per heavy atom. The van der Waals surface area contributed by atoms with Crippen molar-refractivity contribution in [3.05, 3.63) is 64.7 Å². The minimum absolute atomic E-state index is 0.0491. The van der Waals surface area contributed by atoms with Crippen LogP contribution >= 0.6 is 0 Å². The fraction of sp³-hybridized carbons (Fsp3) is 0.462. The van der Waals surface area contributed by atoms with Gasteiger partial charge in [0.15, 0.2) is 5.78 Å². The first-order valence-corrected chi connectivity index (χ1v) is 11.9. The van der Waals surface area contributed by atoms with E-state index < -0.39 is 7.12 Å². The number of fused-ring (bicyclic) bond motifs is 1. The summed E-state index contributed by atoms with van der Waals surface area (Å²) in [5.41, 5.74) is 9.62. The lowest BCUT2D eigenvalue weighted by Gasteiger charge is -2.28. The summed E-state index contributed by atoms with van der Waals surface area (Å²) in [6.07, 6.45) is 5.02. The largest absolute Gasteiger partial charge is 0.535 e. The van der Waals surface area contributed by atoms with Crippen molar-refractivity contribution in [2.24, 2.45) is 11.7 Å². The molecule has 0 aromatic heterocycles. The number of carbonyl (C=O) groups excluding carboxylic acids is 2. The van der Waals surface area contributed by atoms with E-state index in [9.17, 15) is 14.6 Å². The van der Waals surface area contributed by atoms with Crippen LogP contribution in [0, 0.1) is 5.92 Å². The van der Waals surface area contributed by atoms with E-state index in [2.05, 4.69) is 5.32 Å². The lowest BCUT2D eigenvalue weighted by molar-refractivity contribution is -0.118. The van der Waals surface area contributed by atoms with Crippen LogP contribution in [0.15, 0.2) is 42.5 Å². The van der Waals surface area contributed by atoms with Gasteiger partial charge < -0.3 is 20.7 Å². The predicted molar refractivity (Wildman–Crippen MR) is 129 cm³/mol. The van der Waals surface area contributed by atoms with Crippen LogP contribution in [0.5, 0.6) is 5.75 Å². The Balaban J connectivity index is 1.28. The highest BCUT2D eigenvalue weighted by atomic mass is 16.5. The molecular weight excluding hydrogens is 415 g/mol. The van der Waals surface area contributed by atoms with E-state index in [0.717, 1.165) is 35.7 Å². The molecule has 7 heteroatoms. The van der Waals surface area contributed by atoms with Crippen molar-refractivity contribution >= 4 is 18.7 Å². The molecule has 2 aliphatic rings. The van der Waals surface area contributed by atoms with Gasteiger partial charge in [-0.1, -0.05) is 42.8 Å². The van der Waals surface area contributed by atoms with Crippen molar-refractivity contribution in [2.45, 2.75) is 57.3 Å². The second-order valence-electron chi connectivity index (χ2n) is 9.55. The summed E-state index contributed by atoms with van der Waals surface area (Å²) in [7, 11) is -1.10. The fourth-order valence-electron chi connectivity index (χ4n) is 4.67. The smallest absolute Gasteiger partial charge is 0.526 e. The maximum atomic E-state index is 12.7. The number of ketones is 2. The normalized spacial score (nSPS) is 18.8.